The van der Waals surface area contributed by atoms with E-state index >= 15 is 0 Å². The van der Waals surface area contributed by atoms with Gasteiger partial charge in [0, 0.05) is 49.7 Å². The number of anilines is 2. The monoisotopic (exact) mass is 485 g/mol. The van der Waals surface area contributed by atoms with E-state index in [1.807, 2.05) is 12.1 Å². The molecule has 0 aromatic heterocycles. The predicted molar refractivity (Wildman–Crippen MR) is 149 cm³/mol. The molecule has 1 atom stereocenters. The molecule has 36 heavy (non-hydrogen) atoms. The largest absolute Gasteiger partial charge is 0.497 e. The number of hydrogen-bond acceptors (Lipinski definition) is 5. The molecule has 0 aliphatic carbocycles. The van der Waals surface area contributed by atoms with Gasteiger partial charge < -0.3 is 24.6 Å². The molecule has 5 nitrogen and oxygen atoms in total. The average Bonchev–Trinajstić information content (AvgIpc) is 3.17. The van der Waals surface area contributed by atoms with Crippen LogP contribution in [0.2, 0.25) is 0 Å². The first-order chi connectivity index (χ1) is 17.3. The number of ether oxygens (including phenoxy) is 2. The highest BCUT2D eigenvalue weighted by atomic mass is 16.5. The molecule has 2 heterocycles. The summed E-state index contributed by atoms with van der Waals surface area (Å²) in [6.07, 6.45) is 0. The predicted octanol–water partition coefficient (Wildman–Crippen LogP) is 5.95. The quantitative estimate of drug-likeness (QED) is 0.467. The van der Waals surface area contributed by atoms with Crippen molar-refractivity contribution in [2.75, 3.05) is 43.1 Å². The number of hydrogen-bond donors (Lipinski definition) is 1. The van der Waals surface area contributed by atoms with Gasteiger partial charge in [-0.15, -0.1) is 0 Å². The highest BCUT2D eigenvalue weighted by Gasteiger charge is 2.44. The maximum absolute atomic E-state index is 6.62. The van der Waals surface area contributed by atoms with Crippen LogP contribution >= 0.6 is 0 Å². The average molecular weight is 486 g/mol. The first-order valence-electron chi connectivity index (χ1n) is 13.0. The van der Waals surface area contributed by atoms with Crippen molar-refractivity contribution in [2.45, 2.75) is 52.8 Å². The molecule has 1 saturated heterocycles. The minimum absolute atomic E-state index is 0.131. The van der Waals surface area contributed by atoms with E-state index in [9.17, 15) is 0 Å². The van der Waals surface area contributed by atoms with Crippen molar-refractivity contribution >= 4 is 11.4 Å². The molecule has 0 bridgehead atoms. The van der Waals surface area contributed by atoms with Crippen LogP contribution in [-0.2, 0) is 6.54 Å². The lowest BCUT2D eigenvalue weighted by atomic mass is 9.87. The Balaban J connectivity index is 1.40. The maximum atomic E-state index is 6.62. The highest BCUT2D eigenvalue weighted by molar-refractivity contribution is 5.71. The molecule has 5 heteroatoms. The summed E-state index contributed by atoms with van der Waals surface area (Å²) in [6, 6.07) is 19.2. The fraction of sp³-hybridized carbons (Fsp3) is 0.419. The molecule has 1 N–H and O–H groups in total. The Bertz CT molecular complexity index is 1210. The van der Waals surface area contributed by atoms with Crippen LogP contribution in [0.3, 0.4) is 0 Å². The van der Waals surface area contributed by atoms with Crippen LogP contribution in [-0.4, -0.2) is 38.9 Å². The lowest BCUT2D eigenvalue weighted by Gasteiger charge is -2.39. The van der Waals surface area contributed by atoms with Crippen molar-refractivity contribution in [3.05, 3.63) is 82.4 Å². The smallest absolute Gasteiger partial charge is 0.128 e. The Kier molecular flexibility index (Phi) is 6.60. The Labute approximate surface area is 216 Å². The van der Waals surface area contributed by atoms with Crippen LogP contribution < -0.4 is 24.6 Å². The lowest BCUT2D eigenvalue weighted by molar-refractivity contribution is 0.0951. The molecular weight excluding hydrogens is 446 g/mol. The number of rotatable bonds is 6. The number of benzene rings is 3. The first kappa shape index (κ1) is 24.5. The fourth-order valence-electron chi connectivity index (χ4n) is 5.90. The topological polar surface area (TPSA) is 37.0 Å². The molecule has 190 valence electrons. The minimum atomic E-state index is -0.315. The van der Waals surface area contributed by atoms with Crippen LogP contribution in [0.1, 0.15) is 47.7 Å². The van der Waals surface area contributed by atoms with Gasteiger partial charge in [-0.1, -0.05) is 30.3 Å². The second-order valence-corrected chi connectivity index (χ2v) is 10.6. The molecule has 3 aromatic rings. The first-order valence-corrected chi connectivity index (χ1v) is 13.0. The third kappa shape index (κ3) is 4.41. The summed E-state index contributed by atoms with van der Waals surface area (Å²) < 4.78 is 12.0. The Morgan fingerprint density at radius 3 is 2.14 bits per heavy atom. The molecule has 2 aliphatic heterocycles. The SMILES string of the molecule is COc1ccc(N2CCN(c3c(C)c(C)c4c(c3C)C(NCc3ccccc3)C(C)(C)O4)CC2)cc1. The molecule has 1 fully saturated rings. The van der Waals surface area contributed by atoms with E-state index in [0.29, 0.717) is 0 Å². The summed E-state index contributed by atoms with van der Waals surface area (Å²) in [7, 11) is 1.71. The highest BCUT2D eigenvalue weighted by Crippen LogP contribution is 2.50. The molecule has 5 rings (SSSR count). The molecule has 2 aliphatic rings. The Morgan fingerprint density at radius 2 is 1.50 bits per heavy atom. The molecule has 0 amide bonds. The van der Waals surface area contributed by atoms with Gasteiger partial charge in [-0.05, 0) is 81.1 Å². The Morgan fingerprint density at radius 1 is 0.861 bits per heavy atom. The fourth-order valence-corrected chi connectivity index (χ4v) is 5.90. The van der Waals surface area contributed by atoms with Gasteiger partial charge in [-0.2, -0.15) is 0 Å². The summed E-state index contributed by atoms with van der Waals surface area (Å²) in [4.78, 5) is 5.05. The van der Waals surface area contributed by atoms with Gasteiger partial charge in [-0.3, -0.25) is 0 Å². The number of piperazine rings is 1. The zero-order valence-corrected chi connectivity index (χ0v) is 22.5. The van der Waals surface area contributed by atoms with E-state index in [1.165, 1.54) is 39.2 Å². The summed E-state index contributed by atoms with van der Waals surface area (Å²) in [5, 5.41) is 3.84. The number of methoxy groups -OCH3 is 1. The third-order valence-electron chi connectivity index (χ3n) is 8.00. The molecule has 0 radical (unpaired) electrons. The van der Waals surface area contributed by atoms with Crippen molar-refractivity contribution in [1.82, 2.24) is 5.32 Å². The van der Waals surface area contributed by atoms with Crippen LogP contribution in [0.5, 0.6) is 11.5 Å². The van der Waals surface area contributed by atoms with Crippen LogP contribution in [0.25, 0.3) is 0 Å². The van der Waals surface area contributed by atoms with Gasteiger partial charge in [-0.25, -0.2) is 0 Å². The van der Waals surface area contributed by atoms with Crippen LogP contribution in [0.15, 0.2) is 54.6 Å². The molecular formula is C31H39N3O2. The van der Waals surface area contributed by atoms with E-state index in [0.717, 1.165) is 44.2 Å². The van der Waals surface area contributed by atoms with Gasteiger partial charge >= 0.3 is 0 Å². The van der Waals surface area contributed by atoms with Gasteiger partial charge in [0.2, 0.25) is 0 Å². The van der Waals surface area contributed by atoms with E-state index in [4.69, 9.17) is 9.47 Å². The van der Waals surface area contributed by atoms with Gasteiger partial charge in [0.1, 0.15) is 17.1 Å². The molecule has 3 aromatic carbocycles. The van der Waals surface area contributed by atoms with E-state index in [2.05, 4.69) is 92.2 Å². The second kappa shape index (κ2) is 9.70. The number of fused-ring (bicyclic) bond motifs is 1. The van der Waals surface area contributed by atoms with E-state index in [1.54, 1.807) is 7.11 Å². The van der Waals surface area contributed by atoms with Gasteiger partial charge in [0.15, 0.2) is 0 Å². The van der Waals surface area contributed by atoms with Crippen molar-refractivity contribution in [3.63, 3.8) is 0 Å². The molecule has 0 spiro atoms. The summed E-state index contributed by atoms with van der Waals surface area (Å²) in [5.41, 5.74) is 8.89. The number of nitrogens with one attached hydrogen (secondary N) is 1. The zero-order valence-electron chi connectivity index (χ0n) is 22.5. The Hall–Kier alpha value is -3.18. The van der Waals surface area contributed by atoms with Crippen LogP contribution in [0, 0.1) is 20.8 Å². The molecule has 1 unspecified atom stereocenters. The van der Waals surface area contributed by atoms with Crippen molar-refractivity contribution in [1.29, 1.82) is 0 Å². The normalized spacial score (nSPS) is 18.7. The van der Waals surface area contributed by atoms with E-state index in [-0.39, 0.29) is 11.6 Å². The van der Waals surface area contributed by atoms with Crippen LogP contribution in [0.4, 0.5) is 11.4 Å². The van der Waals surface area contributed by atoms with Crippen molar-refractivity contribution in [3.8, 4) is 11.5 Å². The maximum Gasteiger partial charge on any atom is 0.128 e. The van der Waals surface area contributed by atoms with Crippen molar-refractivity contribution in [2.24, 2.45) is 0 Å². The second-order valence-electron chi connectivity index (χ2n) is 10.6. The van der Waals surface area contributed by atoms with Gasteiger partial charge in [0.25, 0.3) is 0 Å². The van der Waals surface area contributed by atoms with Crippen molar-refractivity contribution < 1.29 is 9.47 Å². The summed E-state index contributed by atoms with van der Waals surface area (Å²) in [6.45, 7) is 16.0. The number of nitrogens with zero attached hydrogens (tertiary/aromatic N) is 2. The lowest BCUT2D eigenvalue weighted by Crippen LogP contribution is -2.47. The van der Waals surface area contributed by atoms with E-state index < -0.39 is 0 Å². The minimum Gasteiger partial charge on any atom is -0.497 e. The molecule has 0 saturated carbocycles. The zero-order chi connectivity index (χ0) is 25.4. The van der Waals surface area contributed by atoms with Gasteiger partial charge in [0.05, 0.1) is 13.2 Å². The summed E-state index contributed by atoms with van der Waals surface area (Å²) >= 11 is 0. The third-order valence-corrected chi connectivity index (χ3v) is 8.00. The standard InChI is InChI=1S/C31H39N3O2/c1-21-22(2)29-27(30(31(4,5)36-29)32-20-24-10-8-7-9-11-24)23(3)28(21)34-18-16-33(17-19-34)25-12-14-26(35-6)15-13-25/h7-15,30,32H,16-20H2,1-6H3. The summed E-state index contributed by atoms with van der Waals surface area (Å²) in [5.74, 6) is 1.97.